The van der Waals surface area contributed by atoms with Gasteiger partial charge in [-0.25, -0.2) is 0 Å². The molecular formula is C27H29ClO3Si. The fraction of sp³-hybridized carbons (Fsp3) is 0.259. The van der Waals surface area contributed by atoms with Gasteiger partial charge in [0.15, 0.2) is 0 Å². The first-order valence-electron chi connectivity index (χ1n) is 10.9. The van der Waals surface area contributed by atoms with Crippen LogP contribution in [-0.2, 0) is 12.0 Å². The fourth-order valence-corrected chi connectivity index (χ4v) is 4.68. The number of hydrogen-bond donors (Lipinski definition) is 0. The third-order valence-corrected chi connectivity index (χ3v) is 6.17. The Hall–Kier alpha value is -2.69. The molecule has 0 saturated carbocycles. The summed E-state index contributed by atoms with van der Waals surface area (Å²) in [7, 11) is -1.37. The van der Waals surface area contributed by atoms with Gasteiger partial charge >= 0.3 is 0 Å². The average molecular weight is 465 g/mol. The Bertz CT molecular complexity index is 1210. The maximum atomic E-state index is 6.48. The summed E-state index contributed by atoms with van der Waals surface area (Å²) in [5, 5.41) is 1.73. The standard InChI is InChI=1S/C27H29ClO3Si/c1-27(2,3)25-24-22(30-26(25)19-11-13-20(28)14-12-19)15-21(16-23(24)31-32(4)5)29-17-18-9-7-6-8-10-18/h6-16,32H,17H2,1-5H3. The van der Waals surface area contributed by atoms with E-state index in [1.807, 2.05) is 54.6 Å². The van der Waals surface area contributed by atoms with Gasteiger partial charge in [-0.15, -0.1) is 0 Å². The van der Waals surface area contributed by atoms with Crippen molar-refractivity contribution < 1.29 is 13.6 Å². The summed E-state index contributed by atoms with van der Waals surface area (Å²) in [5.74, 6) is 2.42. The van der Waals surface area contributed by atoms with Gasteiger partial charge in [0, 0.05) is 28.3 Å². The number of furan rings is 1. The SMILES string of the molecule is C[SiH](C)Oc1cc(OCc2ccccc2)cc2oc(-c3ccc(Cl)cc3)c(C(C)(C)C)c12. The lowest BCUT2D eigenvalue weighted by Gasteiger charge is -2.21. The van der Waals surface area contributed by atoms with Crippen LogP contribution in [0.2, 0.25) is 18.1 Å². The van der Waals surface area contributed by atoms with Gasteiger partial charge in [0.05, 0.1) is 5.39 Å². The van der Waals surface area contributed by atoms with E-state index in [-0.39, 0.29) is 5.41 Å². The predicted octanol–water partition coefficient (Wildman–Crippen LogP) is 7.99. The molecule has 0 amide bonds. The largest absolute Gasteiger partial charge is 0.546 e. The molecule has 0 fully saturated rings. The zero-order chi connectivity index (χ0) is 22.9. The van der Waals surface area contributed by atoms with Crippen LogP contribution < -0.4 is 9.16 Å². The lowest BCUT2D eigenvalue weighted by atomic mass is 9.83. The topological polar surface area (TPSA) is 31.6 Å². The number of ether oxygens (including phenoxy) is 1. The summed E-state index contributed by atoms with van der Waals surface area (Å²) < 4.78 is 19.0. The third kappa shape index (κ3) is 4.87. The van der Waals surface area contributed by atoms with E-state index in [9.17, 15) is 0 Å². The van der Waals surface area contributed by atoms with Crippen LogP contribution in [0, 0.1) is 0 Å². The lowest BCUT2D eigenvalue weighted by Crippen LogP contribution is -2.15. The number of rotatable bonds is 6. The average Bonchev–Trinajstić information content (AvgIpc) is 3.13. The van der Waals surface area contributed by atoms with Gasteiger partial charge in [0.1, 0.15) is 29.4 Å². The van der Waals surface area contributed by atoms with Crippen LogP contribution in [0.5, 0.6) is 11.5 Å². The molecule has 4 rings (SSSR count). The molecule has 32 heavy (non-hydrogen) atoms. The predicted molar refractivity (Wildman–Crippen MR) is 136 cm³/mol. The van der Waals surface area contributed by atoms with Gasteiger partial charge in [0.25, 0.3) is 0 Å². The van der Waals surface area contributed by atoms with Crippen molar-refractivity contribution in [3.63, 3.8) is 0 Å². The van der Waals surface area contributed by atoms with Crippen LogP contribution in [0.25, 0.3) is 22.3 Å². The zero-order valence-electron chi connectivity index (χ0n) is 19.2. The molecule has 0 saturated heterocycles. The smallest absolute Gasteiger partial charge is 0.229 e. The number of benzene rings is 3. The molecule has 166 valence electrons. The van der Waals surface area contributed by atoms with Gasteiger partial charge in [-0.3, -0.25) is 0 Å². The molecule has 0 aliphatic rings. The molecule has 0 unspecified atom stereocenters. The van der Waals surface area contributed by atoms with Crippen LogP contribution in [-0.4, -0.2) is 9.04 Å². The van der Waals surface area contributed by atoms with Gasteiger partial charge in [-0.2, -0.15) is 0 Å². The summed E-state index contributed by atoms with van der Waals surface area (Å²) in [6.07, 6.45) is 0. The molecule has 1 aromatic heterocycles. The molecule has 0 radical (unpaired) electrons. The van der Waals surface area contributed by atoms with Gasteiger partial charge in [-0.1, -0.05) is 62.7 Å². The highest BCUT2D eigenvalue weighted by molar-refractivity contribution is 6.49. The van der Waals surface area contributed by atoms with Crippen LogP contribution in [0.1, 0.15) is 31.9 Å². The molecule has 4 aromatic rings. The quantitative estimate of drug-likeness (QED) is 0.271. The van der Waals surface area contributed by atoms with Crippen molar-refractivity contribution in [1.29, 1.82) is 0 Å². The first kappa shape index (κ1) is 22.5. The van der Waals surface area contributed by atoms with E-state index in [2.05, 4.69) is 46.0 Å². The summed E-state index contributed by atoms with van der Waals surface area (Å²) in [6.45, 7) is 11.4. The van der Waals surface area contributed by atoms with Crippen LogP contribution in [0.15, 0.2) is 71.1 Å². The van der Waals surface area contributed by atoms with Crippen molar-refractivity contribution in [2.75, 3.05) is 0 Å². The van der Waals surface area contributed by atoms with Gasteiger partial charge < -0.3 is 13.6 Å². The Morgan fingerprint density at radius 2 is 1.62 bits per heavy atom. The van der Waals surface area contributed by atoms with E-state index in [4.69, 9.17) is 25.2 Å². The van der Waals surface area contributed by atoms with E-state index >= 15 is 0 Å². The fourth-order valence-electron chi connectivity index (χ4n) is 3.86. The van der Waals surface area contributed by atoms with Crippen molar-refractivity contribution >= 4 is 31.6 Å². The molecule has 0 atom stereocenters. The second kappa shape index (κ2) is 9.05. The molecule has 0 aliphatic heterocycles. The number of fused-ring (bicyclic) bond motifs is 1. The maximum absolute atomic E-state index is 6.48. The highest BCUT2D eigenvalue weighted by atomic mass is 35.5. The third-order valence-electron chi connectivity index (χ3n) is 5.20. The Kier molecular flexibility index (Phi) is 6.36. The summed E-state index contributed by atoms with van der Waals surface area (Å²) in [6, 6.07) is 21.9. The lowest BCUT2D eigenvalue weighted by molar-refractivity contribution is 0.305. The second-order valence-corrected chi connectivity index (χ2v) is 12.1. The monoisotopic (exact) mass is 464 g/mol. The van der Waals surface area contributed by atoms with Gasteiger partial charge in [-0.05, 0) is 48.3 Å². The van der Waals surface area contributed by atoms with Gasteiger partial charge in [0.2, 0.25) is 9.04 Å². The second-order valence-electron chi connectivity index (χ2n) is 9.30. The minimum atomic E-state index is -1.37. The highest BCUT2D eigenvalue weighted by Crippen LogP contribution is 2.46. The summed E-state index contributed by atoms with van der Waals surface area (Å²) in [5.41, 5.74) is 3.87. The summed E-state index contributed by atoms with van der Waals surface area (Å²) >= 11 is 6.13. The Morgan fingerprint density at radius 1 is 0.938 bits per heavy atom. The molecule has 0 spiro atoms. The van der Waals surface area contributed by atoms with Crippen molar-refractivity contribution in [2.24, 2.45) is 0 Å². The molecule has 1 heterocycles. The van der Waals surface area contributed by atoms with Crippen LogP contribution in [0.4, 0.5) is 0 Å². The molecule has 3 nitrogen and oxygen atoms in total. The van der Waals surface area contributed by atoms with Crippen molar-refractivity contribution in [1.82, 2.24) is 0 Å². The van der Waals surface area contributed by atoms with Crippen molar-refractivity contribution in [2.45, 2.75) is 45.9 Å². The molecule has 0 aliphatic carbocycles. The summed E-state index contributed by atoms with van der Waals surface area (Å²) in [4.78, 5) is 0. The van der Waals surface area contributed by atoms with Crippen molar-refractivity contribution in [3.05, 3.63) is 82.9 Å². The Morgan fingerprint density at radius 3 is 2.25 bits per heavy atom. The molecule has 0 N–H and O–H groups in total. The van der Waals surface area contributed by atoms with E-state index in [1.54, 1.807) is 0 Å². The van der Waals surface area contributed by atoms with E-state index in [1.165, 1.54) is 0 Å². The molecule has 5 heteroatoms. The van der Waals surface area contributed by atoms with Crippen LogP contribution in [0.3, 0.4) is 0 Å². The molecule has 3 aromatic carbocycles. The normalized spacial score (nSPS) is 11.8. The Balaban J connectivity index is 1.87. The molecular weight excluding hydrogens is 436 g/mol. The van der Waals surface area contributed by atoms with Crippen LogP contribution >= 0.6 is 11.6 Å². The number of halogens is 1. The minimum Gasteiger partial charge on any atom is -0.546 e. The minimum absolute atomic E-state index is 0.150. The maximum Gasteiger partial charge on any atom is 0.229 e. The first-order chi connectivity index (χ1) is 15.2. The van der Waals surface area contributed by atoms with E-state index in [0.29, 0.717) is 11.6 Å². The Labute approximate surface area is 196 Å². The first-order valence-corrected chi connectivity index (χ1v) is 14.1. The van der Waals surface area contributed by atoms with E-state index < -0.39 is 9.04 Å². The highest BCUT2D eigenvalue weighted by Gasteiger charge is 2.29. The number of hydrogen-bond acceptors (Lipinski definition) is 3. The van der Waals surface area contributed by atoms with E-state index in [0.717, 1.165) is 44.9 Å². The van der Waals surface area contributed by atoms with Crippen molar-refractivity contribution in [3.8, 4) is 22.8 Å². The zero-order valence-corrected chi connectivity index (χ0v) is 21.1. The molecule has 0 bridgehead atoms.